The number of rotatable bonds is 6. The number of carbonyl (C=O) groups excluding carboxylic acids is 4. The third kappa shape index (κ3) is 4.11. The van der Waals surface area contributed by atoms with E-state index in [2.05, 4.69) is 0 Å². The monoisotopic (exact) mass is 546 g/mol. The summed E-state index contributed by atoms with van der Waals surface area (Å²) < 4.78 is 4.71. The third-order valence-electron chi connectivity index (χ3n) is 11.7. The van der Waals surface area contributed by atoms with E-state index in [1.165, 1.54) is 14.0 Å². The fourth-order valence-electron chi connectivity index (χ4n) is 9.35. The van der Waals surface area contributed by atoms with Crippen LogP contribution in [0.25, 0.3) is 0 Å². The van der Waals surface area contributed by atoms with Crippen LogP contribution in [0.3, 0.4) is 0 Å². The van der Waals surface area contributed by atoms with Gasteiger partial charge in [0.25, 0.3) is 0 Å². The Labute approximate surface area is 231 Å². The first-order chi connectivity index (χ1) is 17.8. The maximum atomic E-state index is 14.1. The molecule has 0 aromatic carbocycles. The molecule has 2 unspecified atom stereocenters. The standard InChI is InChI=1S/C31H46O8/c1-16(26(37)39-8)11-17(32)14-30(6,38)21-13-23(36)31(7)25-18(33)12-20-27(2,3)22(35)9-10-28(20,4)24(25)19(34)15-29(21,31)5/h16,18,20-22,33,35,38H,9-15H2,1-8H3/t16?,18-,20-,21-,22-,28-,29+,30?,31-/m0/s1. The molecular weight excluding hydrogens is 500 g/mol. The van der Waals surface area contributed by atoms with Crippen LogP contribution in [0.5, 0.6) is 0 Å². The van der Waals surface area contributed by atoms with Gasteiger partial charge in [-0.2, -0.15) is 0 Å². The van der Waals surface area contributed by atoms with Crippen molar-refractivity contribution in [3.63, 3.8) is 0 Å². The molecule has 4 rings (SSSR count). The number of hydrogen-bond acceptors (Lipinski definition) is 8. The van der Waals surface area contributed by atoms with Gasteiger partial charge in [0.15, 0.2) is 5.78 Å². The first-order valence-electron chi connectivity index (χ1n) is 14.3. The number of Topliss-reactive ketones (excluding diaryl/α,β-unsaturated/α-hetero) is 3. The number of methoxy groups -OCH3 is 1. The number of esters is 1. The minimum absolute atomic E-state index is 0.0129. The lowest BCUT2D eigenvalue weighted by molar-refractivity contribution is -0.150. The Morgan fingerprint density at radius 1 is 1.13 bits per heavy atom. The molecular formula is C31H46O8. The van der Waals surface area contributed by atoms with Gasteiger partial charge in [-0.25, -0.2) is 0 Å². The molecule has 0 saturated heterocycles. The van der Waals surface area contributed by atoms with Crippen molar-refractivity contribution >= 4 is 23.3 Å². The van der Waals surface area contributed by atoms with Gasteiger partial charge in [-0.3, -0.25) is 19.2 Å². The second-order valence-corrected chi connectivity index (χ2v) is 14.4. The number of hydrogen-bond donors (Lipinski definition) is 3. The second-order valence-electron chi connectivity index (χ2n) is 14.4. The molecule has 39 heavy (non-hydrogen) atoms. The van der Waals surface area contributed by atoms with Crippen molar-refractivity contribution in [1.82, 2.24) is 0 Å². The molecule has 218 valence electrons. The maximum absolute atomic E-state index is 14.1. The van der Waals surface area contributed by atoms with Crippen LogP contribution in [0.2, 0.25) is 0 Å². The molecule has 8 heteroatoms. The summed E-state index contributed by atoms with van der Waals surface area (Å²) in [6.07, 6.45) is -0.432. The van der Waals surface area contributed by atoms with E-state index in [1.54, 1.807) is 6.92 Å². The van der Waals surface area contributed by atoms with Crippen LogP contribution in [0.15, 0.2) is 11.1 Å². The van der Waals surface area contributed by atoms with Crippen molar-refractivity contribution in [3.8, 4) is 0 Å². The highest BCUT2D eigenvalue weighted by molar-refractivity contribution is 6.05. The summed E-state index contributed by atoms with van der Waals surface area (Å²) in [7, 11) is 1.26. The van der Waals surface area contributed by atoms with E-state index in [0.717, 1.165) is 0 Å². The molecule has 8 nitrogen and oxygen atoms in total. The average Bonchev–Trinajstić information content (AvgIpc) is 3.03. The summed E-state index contributed by atoms with van der Waals surface area (Å²) in [5, 5.41) is 34.2. The normalized spacial score (nSPS) is 41.7. The highest BCUT2D eigenvalue weighted by Crippen LogP contribution is 2.71. The SMILES string of the molecule is COC(=O)C(C)CC(=O)CC(C)(O)[C@H]1CC(=O)[C@@]2(C)C3=C(C(=O)C[C@]12C)[C@@]1(C)CC[C@H](O)C(C)(C)[C@@H]1C[C@@H]3O. The average molecular weight is 547 g/mol. The molecule has 0 aromatic heterocycles. The fraction of sp³-hybridized carbons (Fsp3) is 0.806. The van der Waals surface area contributed by atoms with Gasteiger partial charge >= 0.3 is 5.97 Å². The zero-order chi connectivity index (χ0) is 29.5. The lowest BCUT2D eigenvalue weighted by Crippen LogP contribution is -2.61. The van der Waals surface area contributed by atoms with Crippen molar-refractivity contribution in [1.29, 1.82) is 0 Å². The Hall–Kier alpha value is -1.90. The summed E-state index contributed by atoms with van der Waals surface area (Å²) in [4.78, 5) is 52.8. The highest BCUT2D eigenvalue weighted by atomic mass is 16.5. The number of aliphatic hydroxyl groups excluding tert-OH is 2. The third-order valence-corrected chi connectivity index (χ3v) is 11.7. The topological polar surface area (TPSA) is 138 Å². The quantitative estimate of drug-likeness (QED) is 0.431. The Morgan fingerprint density at radius 3 is 2.33 bits per heavy atom. The number of allylic oxidation sites excluding steroid dienone is 1. The minimum atomic E-state index is -1.60. The molecule has 4 aliphatic carbocycles. The number of aliphatic hydroxyl groups is 3. The predicted octanol–water partition coefficient (Wildman–Crippen LogP) is 3.33. The van der Waals surface area contributed by atoms with Crippen molar-refractivity contribution in [2.45, 2.75) is 111 Å². The summed E-state index contributed by atoms with van der Waals surface area (Å²) in [6, 6.07) is 0. The van der Waals surface area contributed by atoms with Crippen LogP contribution >= 0.6 is 0 Å². The summed E-state index contributed by atoms with van der Waals surface area (Å²) >= 11 is 0. The number of carbonyl (C=O) groups is 4. The van der Waals surface area contributed by atoms with Crippen LogP contribution < -0.4 is 0 Å². The zero-order valence-corrected chi connectivity index (χ0v) is 24.7. The molecule has 0 bridgehead atoms. The largest absolute Gasteiger partial charge is 0.469 e. The zero-order valence-electron chi connectivity index (χ0n) is 24.7. The van der Waals surface area contributed by atoms with Crippen LogP contribution in [0, 0.1) is 39.4 Å². The Balaban J connectivity index is 1.75. The van der Waals surface area contributed by atoms with Crippen molar-refractivity contribution in [2.75, 3.05) is 7.11 Å². The fourth-order valence-corrected chi connectivity index (χ4v) is 9.35. The van der Waals surface area contributed by atoms with Crippen LogP contribution in [-0.2, 0) is 23.9 Å². The molecule has 0 spiro atoms. The summed E-state index contributed by atoms with van der Waals surface area (Å²) in [6.45, 7) is 12.8. The van der Waals surface area contributed by atoms with Gasteiger partial charge in [0, 0.05) is 37.2 Å². The van der Waals surface area contributed by atoms with Crippen LogP contribution in [0.4, 0.5) is 0 Å². The number of ether oxygens (including phenoxy) is 1. The molecule has 0 amide bonds. The van der Waals surface area contributed by atoms with E-state index in [9.17, 15) is 34.5 Å². The van der Waals surface area contributed by atoms with Gasteiger partial charge < -0.3 is 20.1 Å². The molecule has 9 atom stereocenters. The maximum Gasteiger partial charge on any atom is 0.308 e. The van der Waals surface area contributed by atoms with E-state index in [0.29, 0.717) is 30.4 Å². The van der Waals surface area contributed by atoms with Crippen molar-refractivity contribution in [2.24, 2.45) is 39.4 Å². The predicted molar refractivity (Wildman–Crippen MR) is 143 cm³/mol. The first-order valence-corrected chi connectivity index (χ1v) is 14.3. The first kappa shape index (κ1) is 30.1. The van der Waals surface area contributed by atoms with E-state index in [1.807, 2.05) is 34.6 Å². The van der Waals surface area contributed by atoms with E-state index < -0.39 is 57.3 Å². The lowest BCUT2D eigenvalue weighted by atomic mass is 9.42. The minimum Gasteiger partial charge on any atom is -0.469 e. The van der Waals surface area contributed by atoms with Crippen LogP contribution in [0.1, 0.15) is 93.4 Å². The van der Waals surface area contributed by atoms with E-state index in [4.69, 9.17) is 4.74 Å². The molecule has 3 N–H and O–H groups in total. The van der Waals surface area contributed by atoms with Gasteiger partial charge in [0.2, 0.25) is 0 Å². The van der Waals surface area contributed by atoms with Gasteiger partial charge in [0.05, 0.1) is 36.3 Å². The molecule has 0 radical (unpaired) electrons. The summed E-state index contributed by atoms with van der Waals surface area (Å²) in [5.74, 6) is -2.57. The van der Waals surface area contributed by atoms with Crippen LogP contribution in [-0.4, -0.2) is 63.6 Å². The Bertz CT molecular complexity index is 1130. The molecule has 2 saturated carbocycles. The van der Waals surface area contributed by atoms with Gasteiger partial charge in [-0.05, 0) is 60.8 Å². The molecule has 2 fully saturated rings. The Kier molecular flexibility index (Phi) is 7.18. The highest BCUT2D eigenvalue weighted by Gasteiger charge is 2.71. The van der Waals surface area contributed by atoms with E-state index >= 15 is 0 Å². The Morgan fingerprint density at radius 2 is 1.74 bits per heavy atom. The molecule has 4 aliphatic rings. The summed E-state index contributed by atoms with van der Waals surface area (Å²) in [5.41, 5.74) is -3.85. The van der Waals surface area contributed by atoms with Gasteiger partial charge in [0.1, 0.15) is 11.6 Å². The number of fused-ring (bicyclic) bond motifs is 4. The van der Waals surface area contributed by atoms with Crippen molar-refractivity contribution < 1.29 is 39.2 Å². The second kappa shape index (κ2) is 9.31. The van der Waals surface area contributed by atoms with E-state index in [-0.39, 0.29) is 49.0 Å². The molecule has 0 heterocycles. The molecule has 0 aliphatic heterocycles. The lowest BCUT2D eigenvalue weighted by Gasteiger charge is -2.62. The number of ketones is 3. The molecule has 0 aromatic rings. The van der Waals surface area contributed by atoms with Crippen molar-refractivity contribution in [3.05, 3.63) is 11.1 Å². The van der Waals surface area contributed by atoms with Gasteiger partial charge in [-0.1, -0.05) is 34.6 Å². The smallest absolute Gasteiger partial charge is 0.308 e. The van der Waals surface area contributed by atoms with Gasteiger partial charge in [-0.15, -0.1) is 0 Å².